The van der Waals surface area contributed by atoms with Crippen LogP contribution in [0.5, 0.6) is 0 Å². The molecule has 0 fully saturated rings. The van der Waals surface area contributed by atoms with E-state index in [1.165, 1.54) is 7.11 Å². The van der Waals surface area contributed by atoms with Crippen molar-refractivity contribution in [2.75, 3.05) is 13.7 Å². The summed E-state index contributed by atoms with van der Waals surface area (Å²) >= 11 is 0. The highest BCUT2D eigenvalue weighted by molar-refractivity contribution is 5.85. The lowest BCUT2D eigenvalue weighted by Gasteiger charge is -2.37. The topological polar surface area (TPSA) is 112 Å². The number of benzene rings is 3. The van der Waals surface area contributed by atoms with Gasteiger partial charge in [0.05, 0.1) is 19.1 Å². The highest BCUT2D eigenvalue weighted by Crippen LogP contribution is 2.40. The Labute approximate surface area is 252 Å². The molecule has 2 amide bonds. The van der Waals surface area contributed by atoms with Gasteiger partial charge in [-0.3, -0.25) is 4.79 Å². The Morgan fingerprint density at radius 2 is 1.35 bits per heavy atom. The number of alkyl carbamates (subject to hydrolysis) is 1. The summed E-state index contributed by atoms with van der Waals surface area (Å²) in [6.07, 6.45) is 3.11. The summed E-state index contributed by atoms with van der Waals surface area (Å²) in [4.78, 5) is 42.0. The highest BCUT2D eigenvalue weighted by Gasteiger charge is 2.38. The number of hydrogen-bond acceptors (Lipinski definition) is 6. The Morgan fingerprint density at radius 3 is 1.81 bits per heavy atom. The first-order valence-electron chi connectivity index (χ1n) is 14.2. The summed E-state index contributed by atoms with van der Waals surface area (Å²) in [5.74, 6) is -1.01. The normalized spacial score (nSPS) is 12.2. The maximum Gasteiger partial charge on any atom is 0.407 e. The van der Waals surface area contributed by atoms with Crippen LogP contribution in [-0.2, 0) is 31.0 Å². The Balaban J connectivity index is 1.61. The predicted octanol–water partition coefficient (Wildman–Crippen LogP) is 4.84. The van der Waals surface area contributed by atoms with Gasteiger partial charge in [0.25, 0.3) is 0 Å². The molecule has 2 N–H and O–H groups in total. The van der Waals surface area contributed by atoms with Crippen molar-refractivity contribution in [2.24, 2.45) is 0 Å². The lowest BCUT2D eigenvalue weighted by Crippen LogP contribution is -2.44. The van der Waals surface area contributed by atoms with Gasteiger partial charge in [-0.05, 0) is 37.5 Å². The summed E-state index contributed by atoms with van der Waals surface area (Å²) in [6.45, 7) is 5.32. The molecule has 3 aromatic carbocycles. The van der Waals surface area contributed by atoms with Gasteiger partial charge in [-0.25, -0.2) is 14.6 Å². The fourth-order valence-electron chi connectivity index (χ4n) is 5.04. The minimum Gasteiger partial charge on any atom is -0.467 e. The van der Waals surface area contributed by atoms with E-state index in [4.69, 9.17) is 9.47 Å². The quantitative estimate of drug-likeness (QED) is 0.193. The van der Waals surface area contributed by atoms with Gasteiger partial charge in [0.1, 0.15) is 17.2 Å². The molecule has 0 saturated carbocycles. The van der Waals surface area contributed by atoms with E-state index in [1.54, 1.807) is 27.1 Å². The molecule has 0 saturated heterocycles. The molecule has 43 heavy (non-hydrogen) atoms. The number of hydrogen-bond donors (Lipinski definition) is 2. The number of esters is 1. The molecule has 0 unspecified atom stereocenters. The number of rotatable bonds is 11. The van der Waals surface area contributed by atoms with Crippen LogP contribution in [0, 0.1) is 0 Å². The van der Waals surface area contributed by atoms with Crippen LogP contribution < -0.4 is 10.6 Å². The van der Waals surface area contributed by atoms with Gasteiger partial charge < -0.3 is 24.7 Å². The standard InChI is InChI=1S/C34H38N4O5/c1-33(2,3)43-32(41)35-21-20-30(39)37-29(31(40)42-4)22-28-23-38(24-36-28)34(25-14-8-5-9-15-25,26-16-10-6-11-17-26)27-18-12-7-13-19-27/h5-19,23-24,29H,20-22H2,1-4H3,(H,35,41)(H,37,39)/t29-/m0/s1. The van der Waals surface area contributed by atoms with E-state index in [9.17, 15) is 14.4 Å². The molecule has 224 valence electrons. The van der Waals surface area contributed by atoms with Crippen LogP contribution in [0.1, 0.15) is 49.6 Å². The van der Waals surface area contributed by atoms with Crippen LogP contribution >= 0.6 is 0 Å². The molecule has 0 aliphatic rings. The number of nitrogens with zero attached hydrogens (tertiary/aromatic N) is 2. The van der Waals surface area contributed by atoms with Crippen LogP contribution in [0.4, 0.5) is 4.79 Å². The first kappa shape index (κ1) is 31.0. The van der Waals surface area contributed by atoms with Gasteiger partial charge in [0.15, 0.2) is 0 Å². The molecular weight excluding hydrogens is 544 g/mol. The lowest BCUT2D eigenvalue weighted by molar-refractivity contribution is -0.145. The van der Waals surface area contributed by atoms with E-state index in [0.29, 0.717) is 5.69 Å². The number of nitrogens with one attached hydrogen (secondary N) is 2. The van der Waals surface area contributed by atoms with E-state index in [1.807, 2.05) is 65.4 Å². The SMILES string of the molecule is COC(=O)[C@H](Cc1cn(C(c2ccccc2)(c2ccccc2)c2ccccc2)cn1)NC(=O)CCNC(=O)OC(C)(C)C. The smallest absolute Gasteiger partial charge is 0.407 e. The first-order chi connectivity index (χ1) is 20.6. The molecule has 9 nitrogen and oxygen atoms in total. The Kier molecular flexibility index (Phi) is 9.98. The maximum absolute atomic E-state index is 12.7. The second kappa shape index (κ2) is 13.8. The summed E-state index contributed by atoms with van der Waals surface area (Å²) < 4.78 is 12.2. The van der Waals surface area contributed by atoms with E-state index >= 15 is 0 Å². The molecule has 0 radical (unpaired) electrons. The van der Waals surface area contributed by atoms with Crippen molar-refractivity contribution in [1.29, 1.82) is 0 Å². The van der Waals surface area contributed by atoms with E-state index in [0.717, 1.165) is 16.7 Å². The molecule has 9 heteroatoms. The zero-order chi connectivity index (χ0) is 30.9. The molecule has 0 aliphatic carbocycles. The van der Waals surface area contributed by atoms with Crippen molar-refractivity contribution in [3.63, 3.8) is 0 Å². The van der Waals surface area contributed by atoms with Crippen molar-refractivity contribution in [3.05, 3.63) is 126 Å². The van der Waals surface area contributed by atoms with Crippen molar-refractivity contribution in [2.45, 2.75) is 50.8 Å². The first-order valence-corrected chi connectivity index (χ1v) is 14.2. The molecular formula is C34H38N4O5. The summed E-state index contributed by atoms with van der Waals surface area (Å²) in [7, 11) is 1.27. The zero-order valence-electron chi connectivity index (χ0n) is 24.9. The third-order valence-corrected chi connectivity index (χ3v) is 6.85. The molecule has 1 aromatic heterocycles. The van der Waals surface area contributed by atoms with Crippen LogP contribution in [0.2, 0.25) is 0 Å². The van der Waals surface area contributed by atoms with Gasteiger partial charge >= 0.3 is 12.1 Å². The van der Waals surface area contributed by atoms with E-state index in [2.05, 4.69) is 52.0 Å². The second-order valence-electron chi connectivity index (χ2n) is 11.1. The zero-order valence-corrected chi connectivity index (χ0v) is 24.9. The highest BCUT2D eigenvalue weighted by atomic mass is 16.6. The third kappa shape index (κ3) is 7.68. The van der Waals surface area contributed by atoms with Gasteiger partial charge in [-0.2, -0.15) is 0 Å². The Morgan fingerprint density at radius 1 is 0.837 bits per heavy atom. The average molecular weight is 583 g/mol. The molecule has 4 aromatic rings. The Bertz CT molecular complexity index is 1400. The Hall–Kier alpha value is -4.92. The maximum atomic E-state index is 12.7. The van der Waals surface area contributed by atoms with Gasteiger partial charge in [-0.15, -0.1) is 0 Å². The van der Waals surface area contributed by atoms with Crippen LogP contribution in [0.15, 0.2) is 104 Å². The third-order valence-electron chi connectivity index (χ3n) is 6.85. The van der Waals surface area contributed by atoms with E-state index in [-0.39, 0.29) is 19.4 Å². The number of aromatic nitrogens is 2. The predicted molar refractivity (Wildman–Crippen MR) is 163 cm³/mol. The number of carbonyl (C=O) groups is 3. The van der Waals surface area contributed by atoms with Crippen LogP contribution in [0.25, 0.3) is 0 Å². The van der Waals surface area contributed by atoms with Crippen molar-refractivity contribution < 1.29 is 23.9 Å². The summed E-state index contributed by atoms with van der Waals surface area (Å²) in [6, 6.07) is 29.5. The van der Waals surface area contributed by atoms with Crippen molar-refractivity contribution in [1.82, 2.24) is 20.2 Å². The lowest BCUT2D eigenvalue weighted by atomic mass is 9.77. The van der Waals surface area contributed by atoms with Crippen LogP contribution in [0.3, 0.4) is 0 Å². The summed E-state index contributed by atoms with van der Waals surface area (Å²) in [5, 5.41) is 5.28. The molecule has 0 spiro atoms. The van der Waals surface area contributed by atoms with Gasteiger partial charge in [0.2, 0.25) is 5.91 Å². The fourth-order valence-corrected chi connectivity index (χ4v) is 5.04. The molecule has 0 aliphatic heterocycles. The second-order valence-corrected chi connectivity index (χ2v) is 11.1. The minimum atomic E-state index is -0.970. The largest absolute Gasteiger partial charge is 0.467 e. The number of amides is 2. The number of carbonyl (C=O) groups excluding carboxylic acids is 3. The fraction of sp³-hybridized carbons (Fsp3) is 0.294. The van der Waals surface area contributed by atoms with E-state index < -0.39 is 35.2 Å². The monoisotopic (exact) mass is 582 g/mol. The molecule has 0 bridgehead atoms. The minimum absolute atomic E-state index is 0.0414. The van der Waals surface area contributed by atoms with Crippen LogP contribution in [-0.4, -0.2) is 52.8 Å². The molecule has 1 atom stereocenters. The van der Waals surface area contributed by atoms with Crippen molar-refractivity contribution >= 4 is 18.0 Å². The molecule has 4 rings (SSSR count). The average Bonchev–Trinajstić information content (AvgIpc) is 3.46. The van der Waals surface area contributed by atoms with Crippen molar-refractivity contribution in [3.8, 4) is 0 Å². The van der Waals surface area contributed by atoms with Gasteiger partial charge in [0, 0.05) is 25.6 Å². The number of ether oxygens (including phenoxy) is 2. The number of imidazole rings is 1. The summed E-state index contributed by atoms with van der Waals surface area (Å²) in [5.41, 5.74) is 2.29. The molecule has 1 heterocycles. The van der Waals surface area contributed by atoms with Gasteiger partial charge in [-0.1, -0.05) is 91.0 Å². The number of methoxy groups -OCH3 is 1.